The molecule has 2 amide bonds. The summed E-state index contributed by atoms with van der Waals surface area (Å²) in [7, 11) is 0. The lowest BCUT2D eigenvalue weighted by atomic mass is 9.89. The van der Waals surface area contributed by atoms with Crippen LogP contribution >= 0.6 is 35.4 Å². The van der Waals surface area contributed by atoms with Crippen LogP contribution in [0.5, 0.6) is 5.75 Å². The van der Waals surface area contributed by atoms with Crippen LogP contribution in [0, 0.1) is 5.92 Å². The normalized spacial score (nSPS) is 14.3. The van der Waals surface area contributed by atoms with Crippen molar-refractivity contribution in [1.29, 1.82) is 0 Å². The third-order valence-corrected chi connectivity index (χ3v) is 4.96. The molecule has 0 aliphatic heterocycles. The molecule has 0 unspecified atom stereocenters. The first kappa shape index (κ1) is 21.7. The topological polar surface area (TPSA) is 79.5 Å². The lowest BCUT2D eigenvalue weighted by molar-refractivity contribution is -0.126. The highest BCUT2D eigenvalue weighted by molar-refractivity contribution is 7.80. The van der Waals surface area contributed by atoms with E-state index in [-0.39, 0.29) is 29.3 Å². The van der Waals surface area contributed by atoms with E-state index in [1.807, 2.05) is 0 Å². The number of hydrogen-bond donors (Lipinski definition) is 3. The van der Waals surface area contributed by atoms with Gasteiger partial charge in [-0.25, -0.2) is 0 Å². The van der Waals surface area contributed by atoms with Gasteiger partial charge in [0.25, 0.3) is 0 Å². The van der Waals surface area contributed by atoms with Crippen molar-refractivity contribution >= 4 is 52.3 Å². The van der Waals surface area contributed by atoms with Crippen LogP contribution in [0.25, 0.3) is 0 Å². The molecule has 27 heavy (non-hydrogen) atoms. The Kier molecular flexibility index (Phi) is 9.10. The number of carbonyl (C=O) groups is 2. The van der Waals surface area contributed by atoms with Gasteiger partial charge in [0.05, 0.1) is 11.6 Å². The van der Waals surface area contributed by atoms with E-state index in [0.717, 1.165) is 25.7 Å². The monoisotopic (exact) mass is 431 g/mol. The standard InChI is InChI=1S/C18H23Cl2N3O3S/c19-13-8-9-15(14(20)11-13)26-10-4-7-16(24)21-18(27)23-22-17(25)12-5-2-1-3-6-12/h8-9,11-12H,1-7,10H2,(H,22,25)(H2,21,23,24,27). The van der Waals surface area contributed by atoms with Crippen LogP contribution in [0.4, 0.5) is 0 Å². The number of halogens is 2. The highest BCUT2D eigenvalue weighted by atomic mass is 35.5. The molecule has 1 aromatic rings. The molecule has 1 aromatic carbocycles. The molecule has 1 aliphatic carbocycles. The Morgan fingerprint density at radius 1 is 1.15 bits per heavy atom. The fourth-order valence-electron chi connectivity index (χ4n) is 2.81. The Morgan fingerprint density at radius 2 is 1.89 bits per heavy atom. The SMILES string of the molecule is O=C(CCCOc1ccc(Cl)cc1Cl)NC(=S)NNC(=O)C1CCCCC1. The molecule has 0 radical (unpaired) electrons. The number of thiocarbonyl (C=S) groups is 1. The number of benzene rings is 1. The van der Waals surface area contributed by atoms with E-state index in [0.29, 0.717) is 28.8 Å². The van der Waals surface area contributed by atoms with E-state index in [1.165, 1.54) is 6.42 Å². The summed E-state index contributed by atoms with van der Waals surface area (Å²) in [6.07, 6.45) is 5.82. The molecule has 1 aliphatic rings. The molecule has 1 saturated carbocycles. The Balaban J connectivity index is 1.59. The van der Waals surface area contributed by atoms with Gasteiger partial charge in [-0.15, -0.1) is 0 Å². The number of hydrazine groups is 1. The molecule has 148 valence electrons. The van der Waals surface area contributed by atoms with Gasteiger partial charge >= 0.3 is 0 Å². The Hall–Kier alpha value is -1.57. The quantitative estimate of drug-likeness (QED) is 0.363. The van der Waals surface area contributed by atoms with Crippen LogP contribution in [-0.4, -0.2) is 23.5 Å². The number of amides is 2. The predicted molar refractivity (Wildman–Crippen MR) is 110 cm³/mol. The number of hydrogen-bond acceptors (Lipinski definition) is 4. The zero-order valence-electron chi connectivity index (χ0n) is 14.9. The molecule has 0 saturated heterocycles. The summed E-state index contributed by atoms with van der Waals surface area (Å²) in [5.74, 6) is 0.190. The lowest BCUT2D eigenvalue weighted by Gasteiger charge is -2.21. The van der Waals surface area contributed by atoms with Crippen LogP contribution in [0.3, 0.4) is 0 Å². The Morgan fingerprint density at radius 3 is 2.59 bits per heavy atom. The van der Waals surface area contributed by atoms with Crippen LogP contribution in [0.1, 0.15) is 44.9 Å². The molecular weight excluding hydrogens is 409 g/mol. The molecule has 2 rings (SSSR count). The van der Waals surface area contributed by atoms with E-state index in [4.69, 9.17) is 40.2 Å². The summed E-state index contributed by atoms with van der Waals surface area (Å²) in [4.78, 5) is 23.9. The minimum absolute atomic E-state index is 0.0154. The number of ether oxygens (including phenoxy) is 1. The van der Waals surface area contributed by atoms with Gasteiger partial charge in [0.2, 0.25) is 11.8 Å². The minimum Gasteiger partial charge on any atom is -0.492 e. The van der Waals surface area contributed by atoms with Gasteiger partial charge in [-0.3, -0.25) is 20.4 Å². The number of rotatable bonds is 6. The van der Waals surface area contributed by atoms with E-state index < -0.39 is 0 Å². The van der Waals surface area contributed by atoms with Crippen molar-refractivity contribution in [2.45, 2.75) is 44.9 Å². The molecule has 0 spiro atoms. The summed E-state index contributed by atoms with van der Waals surface area (Å²) < 4.78 is 5.52. The van der Waals surface area contributed by atoms with Crippen molar-refractivity contribution in [3.8, 4) is 5.75 Å². The second-order valence-electron chi connectivity index (χ2n) is 6.35. The molecule has 6 nitrogen and oxygen atoms in total. The highest BCUT2D eigenvalue weighted by Crippen LogP contribution is 2.27. The molecule has 3 N–H and O–H groups in total. The van der Waals surface area contributed by atoms with Crippen molar-refractivity contribution in [2.24, 2.45) is 5.92 Å². The molecule has 9 heteroatoms. The predicted octanol–water partition coefficient (Wildman–Crippen LogP) is 3.75. The van der Waals surface area contributed by atoms with Gasteiger partial charge < -0.3 is 10.1 Å². The number of nitrogens with one attached hydrogen (secondary N) is 3. The first-order chi connectivity index (χ1) is 13.0. The van der Waals surface area contributed by atoms with Gasteiger partial charge in [-0.2, -0.15) is 0 Å². The van der Waals surface area contributed by atoms with Crippen molar-refractivity contribution in [3.63, 3.8) is 0 Å². The smallest absolute Gasteiger partial charge is 0.241 e. The maximum atomic E-state index is 12.0. The second kappa shape index (κ2) is 11.3. The van der Waals surface area contributed by atoms with Crippen LogP contribution in [0.15, 0.2) is 18.2 Å². The summed E-state index contributed by atoms with van der Waals surface area (Å²) in [5, 5.41) is 3.55. The fourth-order valence-corrected chi connectivity index (χ4v) is 3.44. The van der Waals surface area contributed by atoms with Crippen LogP contribution in [0.2, 0.25) is 10.0 Å². The molecule has 0 atom stereocenters. The highest BCUT2D eigenvalue weighted by Gasteiger charge is 2.21. The summed E-state index contributed by atoms with van der Waals surface area (Å²) in [5.41, 5.74) is 5.14. The second-order valence-corrected chi connectivity index (χ2v) is 7.61. The third kappa shape index (κ3) is 7.91. The first-order valence-corrected chi connectivity index (χ1v) is 10.1. The van der Waals surface area contributed by atoms with Gasteiger partial charge in [0.15, 0.2) is 5.11 Å². The van der Waals surface area contributed by atoms with Gasteiger partial charge in [-0.05, 0) is 49.7 Å². The first-order valence-electron chi connectivity index (χ1n) is 8.93. The van der Waals surface area contributed by atoms with E-state index in [2.05, 4.69) is 16.2 Å². The zero-order chi connectivity index (χ0) is 19.6. The molecule has 1 fully saturated rings. The van der Waals surface area contributed by atoms with Crippen LogP contribution < -0.4 is 20.9 Å². The van der Waals surface area contributed by atoms with E-state index in [9.17, 15) is 9.59 Å². The molecule has 0 heterocycles. The van der Waals surface area contributed by atoms with E-state index in [1.54, 1.807) is 18.2 Å². The largest absolute Gasteiger partial charge is 0.492 e. The summed E-state index contributed by atoms with van der Waals surface area (Å²) >= 11 is 16.8. The van der Waals surface area contributed by atoms with Gasteiger partial charge in [0.1, 0.15) is 5.75 Å². The van der Waals surface area contributed by atoms with Gasteiger partial charge in [0, 0.05) is 17.4 Å². The summed E-state index contributed by atoms with van der Waals surface area (Å²) in [6, 6.07) is 4.96. The summed E-state index contributed by atoms with van der Waals surface area (Å²) in [6.45, 7) is 0.327. The zero-order valence-corrected chi connectivity index (χ0v) is 17.2. The molecule has 0 bridgehead atoms. The maximum absolute atomic E-state index is 12.0. The maximum Gasteiger partial charge on any atom is 0.241 e. The minimum atomic E-state index is -0.259. The fraction of sp³-hybridized carbons (Fsp3) is 0.500. The lowest BCUT2D eigenvalue weighted by Crippen LogP contribution is -2.50. The van der Waals surface area contributed by atoms with Crippen molar-refractivity contribution < 1.29 is 14.3 Å². The van der Waals surface area contributed by atoms with Crippen LogP contribution in [-0.2, 0) is 9.59 Å². The van der Waals surface area contributed by atoms with Crippen molar-refractivity contribution in [3.05, 3.63) is 28.2 Å². The van der Waals surface area contributed by atoms with Crippen molar-refractivity contribution in [2.75, 3.05) is 6.61 Å². The Labute approximate surface area is 174 Å². The number of carbonyl (C=O) groups excluding carboxylic acids is 2. The average molecular weight is 432 g/mol. The average Bonchev–Trinajstić information content (AvgIpc) is 2.65. The third-order valence-electron chi connectivity index (χ3n) is 4.23. The molecular formula is C18H23Cl2N3O3S. The van der Waals surface area contributed by atoms with Crippen molar-refractivity contribution in [1.82, 2.24) is 16.2 Å². The molecule has 0 aromatic heterocycles. The van der Waals surface area contributed by atoms with Gasteiger partial charge in [-0.1, -0.05) is 42.5 Å². The van der Waals surface area contributed by atoms with E-state index >= 15 is 0 Å². The Bertz CT molecular complexity index is 682.